The van der Waals surface area contributed by atoms with Crippen LogP contribution in [-0.4, -0.2) is 0 Å². The molecule has 0 spiro atoms. The first-order chi connectivity index (χ1) is 7.41. The smallest absolute Gasteiger partial charge is 0.166 e. The van der Waals surface area contributed by atoms with E-state index in [1.807, 2.05) is 0 Å². The standard InChI is InChI=1S/C12H14F2.C2H4/c1-6-7-9(4)10(5)12(14)11(13)8(2)3;1-2/h6-7H,2,4-5H2,1,3H3;1-2H2/b7-6-,12-11-;. The highest BCUT2D eigenvalue weighted by Gasteiger charge is 2.11. The lowest BCUT2D eigenvalue weighted by atomic mass is 10.1. The zero-order valence-corrected chi connectivity index (χ0v) is 9.95. The molecule has 0 nitrogen and oxygen atoms in total. The molecule has 2 heteroatoms. The molecule has 0 saturated heterocycles. The molecule has 88 valence electrons. The maximum Gasteiger partial charge on any atom is 0.166 e. The van der Waals surface area contributed by atoms with E-state index >= 15 is 0 Å². The SMILES string of the molecule is C=C.C=C(/C=C\C)C(=C)/C(F)=C(/F)C(=C)C. The Morgan fingerprint density at radius 1 is 1.00 bits per heavy atom. The molecule has 0 aliphatic heterocycles. The molecule has 0 heterocycles. The second-order valence-corrected chi connectivity index (χ2v) is 2.91. The third-order valence-electron chi connectivity index (χ3n) is 1.59. The van der Waals surface area contributed by atoms with Gasteiger partial charge in [-0.3, -0.25) is 0 Å². The zero-order chi connectivity index (χ0) is 13.3. The molecule has 0 aliphatic rings. The van der Waals surface area contributed by atoms with Crippen molar-refractivity contribution in [2.75, 3.05) is 0 Å². The van der Waals surface area contributed by atoms with Gasteiger partial charge in [0.25, 0.3) is 0 Å². The van der Waals surface area contributed by atoms with Crippen molar-refractivity contribution in [1.82, 2.24) is 0 Å². The molecule has 16 heavy (non-hydrogen) atoms. The Morgan fingerprint density at radius 2 is 1.44 bits per heavy atom. The molecule has 0 aromatic carbocycles. The minimum atomic E-state index is -0.999. The fourth-order valence-corrected chi connectivity index (χ4v) is 0.763. The number of hydrogen-bond donors (Lipinski definition) is 0. The Labute approximate surface area is 96.7 Å². The van der Waals surface area contributed by atoms with Gasteiger partial charge in [0.05, 0.1) is 0 Å². The van der Waals surface area contributed by atoms with Gasteiger partial charge in [-0.25, -0.2) is 8.78 Å². The molecular weight excluding hydrogens is 206 g/mol. The van der Waals surface area contributed by atoms with E-state index in [1.54, 1.807) is 19.1 Å². The Hall–Kier alpha value is -1.70. The van der Waals surface area contributed by atoms with E-state index in [0.29, 0.717) is 5.57 Å². The molecule has 0 N–H and O–H groups in total. The van der Waals surface area contributed by atoms with Crippen LogP contribution in [0.4, 0.5) is 8.78 Å². The van der Waals surface area contributed by atoms with Gasteiger partial charge in [0, 0.05) is 5.57 Å². The van der Waals surface area contributed by atoms with Gasteiger partial charge in [0.2, 0.25) is 0 Å². The second-order valence-electron chi connectivity index (χ2n) is 2.91. The Bertz CT molecular complexity index is 344. The van der Waals surface area contributed by atoms with Crippen molar-refractivity contribution in [1.29, 1.82) is 0 Å². The first-order valence-electron chi connectivity index (χ1n) is 4.64. The summed E-state index contributed by atoms with van der Waals surface area (Å²) in [7, 11) is 0. The number of halogens is 2. The van der Waals surface area contributed by atoms with Gasteiger partial charge in [-0.2, -0.15) is 0 Å². The van der Waals surface area contributed by atoms with E-state index in [0.717, 1.165) is 0 Å². The summed E-state index contributed by atoms with van der Waals surface area (Å²) in [6.07, 6.45) is 3.24. The Balaban J connectivity index is 0. The summed E-state index contributed by atoms with van der Waals surface area (Å²) in [6.45, 7) is 19.4. The summed E-state index contributed by atoms with van der Waals surface area (Å²) in [5, 5.41) is 0. The third kappa shape index (κ3) is 5.25. The summed E-state index contributed by atoms with van der Waals surface area (Å²) < 4.78 is 26.3. The van der Waals surface area contributed by atoms with Crippen LogP contribution in [0, 0.1) is 0 Å². The molecule has 0 atom stereocenters. The lowest BCUT2D eigenvalue weighted by Crippen LogP contribution is -1.89. The molecule has 0 aliphatic carbocycles. The second kappa shape index (κ2) is 8.60. The van der Waals surface area contributed by atoms with Crippen LogP contribution in [0.25, 0.3) is 0 Å². The van der Waals surface area contributed by atoms with E-state index in [1.165, 1.54) is 6.92 Å². The van der Waals surface area contributed by atoms with Crippen molar-refractivity contribution in [2.45, 2.75) is 13.8 Å². The van der Waals surface area contributed by atoms with Crippen LogP contribution in [0.2, 0.25) is 0 Å². The van der Waals surface area contributed by atoms with E-state index in [-0.39, 0.29) is 11.1 Å². The van der Waals surface area contributed by atoms with E-state index < -0.39 is 11.7 Å². The van der Waals surface area contributed by atoms with Crippen molar-refractivity contribution in [3.8, 4) is 0 Å². The van der Waals surface area contributed by atoms with Crippen molar-refractivity contribution in [3.05, 3.63) is 73.4 Å². The maximum atomic E-state index is 13.3. The van der Waals surface area contributed by atoms with Gasteiger partial charge >= 0.3 is 0 Å². The summed E-state index contributed by atoms with van der Waals surface area (Å²) in [5.74, 6) is -1.97. The fourth-order valence-electron chi connectivity index (χ4n) is 0.763. The quantitative estimate of drug-likeness (QED) is 0.454. The monoisotopic (exact) mass is 224 g/mol. The molecule has 0 aromatic heterocycles. The van der Waals surface area contributed by atoms with Crippen molar-refractivity contribution in [3.63, 3.8) is 0 Å². The van der Waals surface area contributed by atoms with Crippen LogP contribution in [0.1, 0.15) is 13.8 Å². The highest BCUT2D eigenvalue weighted by molar-refractivity contribution is 5.48. The van der Waals surface area contributed by atoms with E-state index in [2.05, 4.69) is 32.9 Å². The number of allylic oxidation sites excluding steroid dienone is 7. The van der Waals surface area contributed by atoms with E-state index in [9.17, 15) is 8.78 Å². The summed E-state index contributed by atoms with van der Waals surface area (Å²) in [6, 6.07) is 0. The van der Waals surface area contributed by atoms with Crippen LogP contribution in [0.3, 0.4) is 0 Å². The molecule has 0 saturated carbocycles. The van der Waals surface area contributed by atoms with Crippen LogP contribution < -0.4 is 0 Å². The van der Waals surface area contributed by atoms with Gasteiger partial charge in [-0.05, 0) is 25.0 Å². The van der Waals surface area contributed by atoms with Crippen molar-refractivity contribution < 1.29 is 8.78 Å². The highest BCUT2D eigenvalue weighted by atomic mass is 19.2. The van der Waals surface area contributed by atoms with Crippen LogP contribution in [0.15, 0.2) is 73.4 Å². The third-order valence-corrected chi connectivity index (χ3v) is 1.59. The molecule has 0 rings (SSSR count). The summed E-state index contributed by atoms with van der Waals surface area (Å²) >= 11 is 0. The minimum Gasteiger partial charge on any atom is -0.203 e. The normalized spacial score (nSPS) is 11.2. The lowest BCUT2D eigenvalue weighted by Gasteiger charge is -2.04. The molecule has 0 amide bonds. The molecular formula is C14H18F2. The van der Waals surface area contributed by atoms with Crippen molar-refractivity contribution >= 4 is 0 Å². The van der Waals surface area contributed by atoms with Gasteiger partial charge in [-0.1, -0.05) is 31.9 Å². The van der Waals surface area contributed by atoms with Gasteiger partial charge in [0.1, 0.15) is 0 Å². The minimum absolute atomic E-state index is 0.0388. The fraction of sp³-hybridized carbons (Fsp3) is 0.143. The molecule has 0 aromatic rings. The van der Waals surface area contributed by atoms with Gasteiger partial charge in [-0.15, -0.1) is 13.2 Å². The lowest BCUT2D eigenvalue weighted by molar-refractivity contribution is 0.558. The van der Waals surface area contributed by atoms with Crippen molar-refractivity contribution in [2.24, 2.45) is 0 Å². The average Bonchev–Trinajstić information content (AvgIpc) is 2.28. The van der Waals surface area contributed by atoms with Gasteiger partial charge < -0.3 is 0 Å². The number of hydrogen-bond acceptors (Lipinski definition) is 0. The topological polar surface area (TPSA) is 0 Å². The molecule has 0 fully saturated rings. The highest BCUT2D eigenvalue weighted by Crippen LogP contribution is 2.25. The molecule has 0 radical (unpaired) electrons. The Morgan fingerprint density at radius 3 is 1.75 bits per heavy atom. The summed E-state index contributed by atoms with van der Waals surface area (Å²) in [4.78, 5) is 0. The Kier molecular flexibility index (Phi) is 8.98. The molecule has 0 bridgehead atoms. The van der Waals surface area contributed by atoms with Crippen LogP contribution >= 0.6 is 0 Å². The predicted molar refractivity (Wildman–Crippen MR) is 68.4 cm³/mol. The molecule has 0 unspecified atom stereocenters. The largest absolute Gasteiger partial charge is 0.203 e. The van der Waals surface area contributed by atoms with Crippen LogP contribution in [-0.2, 0) is 0 Å². The maximum absolute atomic E-state index is 13.3. The average molecular weight is 224 g/mol. The number of rotatable bonds is 4. The van der Waals surface area contributed by atoms with Crippen LogP contribution in [0.5, 0.6) is 0 Å². The first-order valence-corrected chi connectivity index (χ1v) is 4.64. The zero-order valence-electron chi connectivity index (χ0n) is 9.95. The first kappa shape index (κ1) is 16.7. The van der Waals surface area contributed by atoms with E-state index in [4.69, 9.17) is 0 Å². The van der Waals surface area contributed by atoms with Gasteiger partial charge in [0.15, 0.2) is 11.7 Å². The predicted octanol–water partition coefficient (Wildman–Crippen LogP) is 5.20. The summed E-state index contributed by atoms with van der Waals surface area (Å²) in [5.41, 5.74) is 0.335.